The van der Waals surface area contributed by atoms with Crippen molar-refractivity contribution in [1.82, 2.24) is 9.97 Å². The molecule has 0 amide bonds. The largest absolute Gasteiger partial charge is 0.456 e. The number of allylic oxidation sites excluding steroid dienone is 1. The van der Waals surface area contributed by atoms with Crippen molar-refractivity contribution in [3.63, 3.8) is 0 Å². The summed E-state index contributed by atoms with van der Waals surface area (Å²) in [5, 5.41) is 5.89. The maximum atomic E-state index is 6.13. The van der Waals surface area contributed by atoms with E-state index in [9.17, 15) is 0 Å². The third kappa shape index (κ3) is 3.08. The minimum absolute atomic E-state index is 0.922. The molecular formula is C35H24N2O. The lowest BCUT2D eigenvalue weighted by Crippen LogP contribution is -1.98. The second-order valence-electron chi connectivity index (χ2n) is 10.1. The Balaban J connectivity index is 1.39. The van der Waals surface area contributed by atoms with Crippen LogP contribution in [0.5, 0.6) is 0 Å². The molecule has 0 atom stereocenters. The average Bonchev–Trinajstić information content (AvgIpc) is 3.35. The molecule has 1 aliphatic rings. The number of aromatic nitrogens is 2. The monoisotopic (exact) mass is 488 g/mol. The van der Waals surface area contributed by atoms with Crippen molar-refractivity contribution in [3.05, 3.63) is 114 Å². The lowest BCUT2D eigenvalue weighted by molar-refractivity contribution is 0.595. The maximum Gasteiger partial charge on any atom is 0.135 e. The van der Waals surface area contributed by atoms with E-state index in [1.54, 1.807) is 0 Å². The zero-order valence-electron chi connectivity index (χ0n) is 21.0. The van der Waals surface area contributed by atoms with Gasteiger partial charge in [0.15, 0.2) is 0 Å². The van der Waals surface area contributed by atoms with Crippen LogP contribution in [0.4, 0.5) is 0 Å². The summed E-state index contributed by atoms with van der Waals surface area (Å²) < 4.78 is 6.13. The predicted molar refractivity (Wildman–Crippen MR) is 157 cm³/mol. The number of hydrogen-bond acceptors (Lipinski definition) is 3. The highest BCUT2D eigenvalue weighted by Gasteiger charge is 2.19. The van der Waals surface area contributed by atoms with Crippen LogP contribution in [0.25, 0.3) is 72.0 Å². The number of benzene rings is 5. The van der Waals surface area contributed by atoms with Gasteiger partial charge in [0.25, 0.3) is 0 Å². The zero-order chi connectivity index (χ0) is 25.2. The van der Waals surface area contributed by atoms with Gasteiger partial charge in [-0.2, -0.15) is 0 Å². The Hall–Kier alpha value is -4.76. The third-order valence-electron chi connectivity index (χ3n) is 7.87. The average molecular weight is 489 g/mol. The zero-order valence-corrected chi connectivity index (χ0v) is 21.0. The molecule has 0 saturated heterocycles. The maximum absolute atomic E-state index is 6.13. The Bertz CT molecular complexity index is 2100. The van der Waals surface area contributed by atoms with Gasteiger partial charge in [0.2, 0.25) is 0 Å². The van der Waals surface area contributed by atoms with Gasteiger partial charge in [0.05, 0.1) is 22.4 Å². The van der Waals surface area contributed by atoms with Crippen LogP contribution in [-0.4, -0.2) is 9.97 Å². The smallest absolute Gasteiger partial charge is 0.135 e. The van der Waals surface area contributed by atoms with E-state index in [-0.39, 0.29) is 0 Å². The third-order valence-corrected chi connectivity index (χ3v) is 7.87. The highest BCUT2D eigenvalue weighted by Crippen LogP contribution is 2.39. The Morgan fingerprint density at radius 1 is 0.658 bits per heavy atom. The van der Waals surface area contributed by atoms with E-state index in [0.717, 1.165) is 74.1 Å². The van der Waals surface area contributed by atoms with E-state index in [1.807, 2.05) is 0 Å². The number of aryl methyl sites for hydroxylation is 2. The second kappa shape index (κ2) is 8.12. The van der Waals surface area contributed by atoms with Crippen molar-refractivity contribution < 1.29 is 4.42 Å². The van der Waals surface area contributed by atoms with Crippen molar-refractivity contribution in [1.29, 1.82) is 0 Å². The Kier molecular flexibility index (Phi) is 4.56. The SMILES string of the molecule is Cc1nc2c3ccccc3c3ccccc3c2nc1-c1ccccc1-c1ccc2oc3c(c2c1)CCC=C3. The number of furan rings is 1. The first kappa shape index (κ1) is 21.3. The van der Waals surface area contributed by atoms with Crippen LogP contribution in [0.3, 0.4) is 0 Å². The fourth-order valence-corrected chi connectivity index (χ4v) is 6.09. The van der Waals surface area contributed by atoms with Crippen molar-refractivity contribution in [2.75, 3.05) is 0 Å². The molecule has 0 spiro atoms. The van der Waals surface area contributed by atoms with E-state index in [2.05, 4.69) is 110 Å². The molecule has 2 heterocycles. The first-order chi connectivity index (χ1) is 18.8. The summed E-state index contributed by atoms with van der Waals surface area (Å²) in [5.41, 5.74) is 9.41. The van der Waals surface area contributed by atoms with Crippen LogP contribution in [0.1, 0.15) is 23.4 Å². The summed E-state index contributed by atoms with van der Waals surface area (Å²) in [5.74, 6) is 0.993. The first-order valence-electron chi connectivity index (χ1n) is 13.2. The second-order valence-corrected chi connectivity index (χ2v) is 10.1. The molecule has 3 nitrogen and oxygen atoms in total. The van der Waals surface area contributed by atoms with Gasteiger partial charge in [-0.15, -0.1) is 0 Å². The molecule has 1 aliphatic carbocycles. The molecular weight excluding hydrogens is 464 g/mol. The topological polar surface area (TPSA) is 38.9 Å². The van der Waals surface area contributed by atoms with Crippen molar-refractivity contribution in [3.8, 4) is 22.4 Å². The molecule has 0 radical (unpaired) electrons. The van der Waals surface area contributed by atoms with Crippen LogP contribution in [0, 0.1) is 6.92 Å². The minimum atomic E-state index is 0.922. The van der Waals surface area contributed by atoms with Crippen LogP contribution >= 0.6 is 0 Å². The Morgan fingerprint density at radius 2 is 1.32 bits per heavy atom. The number of hydrogen-bond donors (Lipinski definition) is 0. The van der Waals surface area contributed by atoms with Crippen LogP contribution in [0.15, 0.2) is 101 Å². The highest BCUT2D eigenvalue weighted by molar-refractivity contribution is 6.23. The molecule has 7 aromatic rings. The summed E-state index contributed by atoms with van der Waals surface area (Å²) in [7, 11) is 0. The van der Waals surface area contributed by atoms with Crippen molar-refractivity contribution in [2.45, 2.75) is 19.8 Å². The minimum Gasteiger partial charge on any atom is -0.456 e. The fraction of sp³-hybridized carbons (Fsp3) is 0.0857. The molecule has 180 valence electrons. The van der Waals surface area contributed by atoms with E-state index >= 15 is 0 Å². The standard InChI is InChI=1S/C35H24N2O/c1-21-33(37-35-29-16-7-4-12-25(29)24-11-3-6-15-28(24)34(35)36-21)27-14-5-2-10-23(27)22-18-19-32-30(20-22)26-13-8-9-17-31(26)38-32/h2-7,9-12,14-20H,8,13H2,1H3. The molecule has 2 aromatic heterocycles. The van der Waals surface area contributed by atoms with Gasteiger partial charge in [-0.1, -0.05) is 84.9 Å². The fourth-order valence-electron chi connectivity index (χ4n) is 6.09. The number of nitrogens with zero attached hydrogens (tertiary/aromatic N) is 2. The molecule has 8 rings (SSSR count). The van der Waals surface area contributed by atoms with Crippen LogP contribution < -0.4 is 0 Å². The Labute approximate surface area is 220 Å². The summed E-state index contributed by atoms with van der Waals surface area (Å²) >= 11 is 0. The molecule has 3 heteroatoms. The van der Waals surface area contributed by atoms with Gasteiger partial charge in [0.1, 0.15) is 11.3 Å². The highest BCUT2D eigenvalue weighted by atomic mass is 16.3. The predicted octanol–water partition coefficient (Wildman–Crippen LogP) is 9.28. The molecule has 5 aromatic carbocycles. The van der Waals surface area contributed by atoms with Crippen LogP contribution in [-0.2, 0) is 6.42 Å². The van der Waals surface area contributed by atoms with E-state index in [4.69, 9.17) is 14.4 Å². The summed E-state index contributed by atoms with van der Waals surface area (Å²) in [6, 6.07) is 32.1. The van der Waals surface area contributed by atoms with Gasteiger partial charge in [-0.3, -0.25) is 0 Å². The summed E-state index contributed by atoms with van der Waals surface area (Å²) in [6.07, 6.45) is 6.36. The van der Waals surface area contributed by atoms with Gasteiger partial charge in [-0.25, -0.2) is 9.97 Å². The molecule has 38 heavy (non-hydrogen) atoms. The van der Waals surface area contributed by atoms with E-state index < -0.39 is 0 Å². The van der Waals surface area contributed by atoms with Crippen molar-refractivity contribution >= 4 is 49.6 Å². The molecule has 0 saturated carbocycles. The summed E-state index contributed by atoms with van der Waals surface area (Å²) in [4.78, 5) is 10.5. The van der Waals surface area contributed by atoms with E-state index in [0.29, 0.717) is 0 Å². The quantitative estimate of drug-likeness (QED) is 0.228. The van der Waals surface area contributed by atoms with Gasteiger partial charge in [0, 0.05) is 27.3 Å². The van der Waals surface area contributed by atoms with Crippen molar-refractivity contribution in [2.24, 2.45) is 0 Å². The first-order valence-corrected chi connectivity index (χ1v) is 13.2. The molecule has 0 bridgehead atoms. The van der Waals surface area contributed by atoms with Gasteiger partial charge >= 0.3 is 0 Å². The van der Waals surface area contributed by atoms with Crippen LogP contribution in [0.2, 0.25) is 0 Å². The number of rotatable bonds is 2. The molecule has 0 aliphatic heterocycles. The summed E-state index contributed by atoms with van der Waals surface area (Å²) in [6.45, 7) is 2.07. The van der Waals surface area contributed by atoms with Gasteiger partial charge in [-0.05, 0) is 59.9 Å². The molecule has 0 N–H and O–H groups in total. The lowest BCUT2D eigenvalue weighted by atomic mass is 9.93. The Morgan fingerprint density at radius 3 is 2.08 bits per heavy atom. The molecule has 0 unspecified atom stereocenters. The normalized spacial score (nSPS) is 13.1. The molecule has 0 fully saturated rings. The van der Waals surface area contributed by atoms with E-state index in [1.165, 1.54) is 21.7 Å². The van der Waals surface area contributed by atoms with Gasteiger partial charge < -0.3 is 4.42 Å². The lowest BCUT2D eigenvalue weighted by Gasteiger charge is -2.15. The number of fused-ring (bicyclic) bond motifs is 9.